The first kappa shape index (κ1) is 19.4. The minimum absolute atomic E-state index is 0.153. The number of nitrogens with one attached hydrogen (secondary N) is 1. The minimum Gasteiger partial charge on any atom is -0.493 e. The third-order valence-corrected chi connectivity index (χ3v) is 4.36. The summed E-state index contributed by atoms with van der Waals surface area (Å²) < 4.78 is 21.6. The van der Waals surface area contributed by atoms with E-state index in [4.69, 9.17) is 18.6 Å². The maximum atomic E-state index is 12.8. The number of hydrogen-bond donors (Lipinski definition) is 1. The van der Waals surface area contributed by atoms with Gasteiger partial charge in [-0.1, -0.05) is 30.3 Å². The van der Waals surface area contributed by atoms with Crippen molar-refractivity contribution in [1.29, 1.82) is 0 Å². The Morgan fingerprint density at radius 1 is 0.964 bits per heavy atom. The first-order chi connectivity index (χ1) is 13.7. The van der Waals surface area contributed by atoms with E-state index < -0.39 is 0 Å². The zero-order valence-electron chi connectivity index (χ0n) is 16.1. The van der Waals surface area contributed by atoms with E-state index in [9.17, 15) is 4.79 Å². The van der Waals surface area contributed by atoms with Gasteiger partial charge in [0.1, 0.15) is 11.8 Å². The van der Waals surface area contributed by atoms with Crippen molar-refractivity contribution in [3.63, 3.8) is 0 Å². The van der Waals surface area contributed by atoms with Crippen LogP contribution in [0.1, 0.15) is 22.9 Å². The van der Waals surface area contributed by atoms with Crippen LogP contribution in [0.25, 0.3) is 0 Å². The number of carbonyl (C=O) groups excluding carboxylic acids is 1. The van der Waals surface area contributed by atoms with Gasteiger partial charge in [0.2, 0.25) is 11.7 Å². The summed E-state index contributed by atoms with van der Waals surface area (Å²) in [5.74, 6) is 2.03. The molecule has 1 atom stereocenters. The Bertz CT molecular complexity index is 881. The third-order valence-electron chi connectivity index (χ3n) is 4.36. The molecule has 0 saturated carbocycles. The minimum atomic E-state index is -0.370. The molecule has 1 unspecified atom stereocenters. The summed E-state index contributed by atoms with van der Waals surface area (Å²) in [6.45, 7) is 0. The van der Waals surface area contributed by atoms with Crippen molar-refractivity contribution in [2.24, 2.45) is 0 Å². The molecule has 0 radical (unpaired) electrons. The molecule has 0 aliphatic rings. The van der Waals surface area contributed by atoms with Crippen LogP contribution in [0.15, 0.2) is 65.3 Å². The van der Waals surface area contributed by atoms with Crippen LogP contribution in [0.2, 0.25) is 0 Å². The Hall–Kier alpha value is -3.41. The van der Waals surface area contributed by atoms with E-state index in [0.717, 1.165) is 11.1 Å². The van der Waals surface area contributed by atoms with E-state index in [1.54, 1.807) is 45.8 Å². The number of furan rings is 1. The average molecular weight is 381 g/mol. The second kappa shape index (κ2) is 8.99. The van der Waals surface area contributed by atoms with E-state index >= 15 is 0 Å². The predicted molar refractivity (Wildman–Crippen MR) is 105 cm³/mol. The maximum Gasteiger partial charge on any atom is 0.225 e. The summed E-state index contributed by atoms with van der Waals surface area (Å²) in [6.07, 6.45) is 1.75. The highest BCUT2D eigenvalue weighted by molar-refractivity contribution is 5.80. The molecule has 3 rings (SSSR count). The molecule has 3 aromatic rings. The molecule has 1 amide bonds. The SMILES string of the molecule is COc1cc(CC(=O)NC(c2ccccc2)c2ccco2)cc(OC)c1OC. The van der Waals surface area contributed by atoms with Gasteiger partial charge >= 0.3 is 0 Å². The number of ether oxygens (including phenoxy) is 3. The lowest BCUT2D eigenvalue weighted by Crippen LogP contribution is -2.30. The van der Waals surface area contributed by atoms with Crippen LogP contribution in [-0.4, -0.2) is 27.2 Å². The molecular weight excluding hydrogens is 358 g/mol. The van der Waals surface area contributed by atoms with Gasteiger partial charge in [0, 0.05) is 0 Å². The van der Waals surface area contributed by atoms with E-state index in [1.807, 2.05) is 36.4 Å². The molecule has 6 nitrogen and oxygen atoms in total. The van der Waals surface area contributed by atoms with Crippen LogP contribution in [0.4, 0.5) is 0 Å². The van der Waals surface area contributed by atoms with Crippen molar-refractivity contribution in [1.82, 2.24) is 5.32 Å². The van der Waals surface area contributed by atoms with E-state index in [1.165, 1.54) is 0 Å². The first-order valence-electron chi connectivity index (χ1n) is 8.82. The van der Waals surface area contributed by atoms with Crippen molar-refractivity contribution >= 4 is 5.91 Å². The number of benzene rings is 2. The summed E-state index contributed by atoms with van der Waals surface area (Å²) in [5, 5.41) is 3.04. The smallest absolute Gasteiger partial charge is 0.225 e. The summed E-state index contributed by atoms with van der Waals surface area (Å²) in [7, 11) is 4.63. The summed E-state index contributed by atoms with van der Waals surface area (Å²) in [6, 6.07) is 16.5. The van der Waals surface area contributed by atoms with Gasteiger partial charge in [0.25, 0.3) is 0 Å². The number of hydrogen-bond acceptors (Lipinski definition) is 5. The molecule has 0 aliphatic carbocycles. The molecule has 0 spiro atoms. The molecule has 28 heavy (non-hydrogen) atoms. The predicted octanol–water partition coefficient (Wildman–Crippen LogP) is 3.75. The average Bonchev–Trinajstić information content (AvgIpc) is 3.26. The molecule has 0 aliphatic heterocycles. The van der Waals surface area contributed by atoms with Gasteiger partial charge in [0.15, 0.2) is 11.5 Å². The van der Waals surface area contributed by atoms with Gasteiger partial charge in [-0.25, -0.2) is 0 Å². The van der Waals surface area contributed by atoms with Gasteiger partial charge in [-0.2, -0.15) is 0 Å². The van der Waals surface area contributed by atoms with Crippen LogP contribution in [0.3, 0.4) is 0 Å². The Morgan fingerprint density at radius 3 is 2.18 bits per heavy atom. The Labute approximate surface area is 164 Å². The van der Waals surface area contributed by atoms with Gasteiger partial charge in [0.05, 0.1) is 34.0 Å². The van der Waals surface area contributed by atoms with E-state index in [0.29, 0.717) is 23.0 Å². The zero-order chi connectivity index (χ0) is 19.9. The third kappa shape index (κ3) is 4.28. The molecular formula is C22H23NO5. The van der Waals surface area contributed by atoms with Gasteiger partial charge in [-0.3, -0.25) is 4.79 Å². The number of amides is 1. The van der Waals surface area contributed by atoms with Crippen molar-refractivity contribution in [3.05, 3.63) is 77.7 Å². The molecule has 0 saturated heterocycles. The van der Waals surface area contributed by atoms with Gasteiger partial charge in [-0.05, 0) is 35.4 Å². The molecule has 0 bridgehead atoms. The van der Waals surface area contributed by atoms with E-state index in [2.05, 4.69) is 5.32 Å². The van der Waals surface area contributed by atoms with Crippen molar-refractivity contribution < 1.29 is 23.4 Å². The molecule has 2 aromatic carbocycles. The molecule has 1 heterocycles. The number of methoxy groups -OCH3 is 3. The monoisotopic (exact) mass is 381 g/mol. The number of carbonyl (C=O) groups is 1. The van der Waals surface area contributed by atoms with E-state index in [-0.39, 0.29) is 18.4 Å². The van der Waals surface area contributed by atoms with Gasteiger partial charge in [-0.15, -0.1) is 0 Å². The standard InChI is InChI=1S/C22H23NO5/c1-25-18-12-15(13-19(26-2)22(18)27-3)14-20(24)23-21(17-10-7-11-28-17)16-8-5-4-6-9-16/h4-13,21H,14H2,1-3H3,(H,23,24). The van der Waals surface area contributed by atoms with Crippen molar-refractivity contribution in [2.45, 2.75) is 12.5 Å². The molecule has 0 fully saturated rings. The van der Waals surface area contributed by atoms with Gasteiger partial charge < -0.3 is 23.9 Å². The van der Waals surface area contributed by atoms with Crippen LogP contribution in [0, 0.1) is 0 Å². The second-order valence-electron chi connectivity index (χ2n) is 6.14. The van der Waals surface area contributed by atoms with Crippen molar-refractivity contribution in [3.8, 4) is 17.2 Å². The lowest BCUT2D eigenvalue weighted by atomic mass is 10.0. The fraction of sp³-hybridized carbons (Fsp3) is 0.227. The van der Waals surface area contributed by atoms with Crippen LogP contribution in [0.5, 0.6) is 17.2 Å². The van der Waals surface area contributed by atoms with Crippen LogP contribution >= 0.6 is 0 Å². The molecule has 1 aromatic heterocycles. The topological polar surface area (TPSA) is 69.9 Å². The summed E-state index contributed by atoms with van der Waals surface area (Å²) in [4.78, 5) is 12.8. The fourth-order valence-electron chi connectivity index (χ4n) is 3.05. The highest BCUT2D eigenvalue weighted by Gasteiger charge is 2.20. The van der Waals surface area contributed by atoms with Crippen LogP contribution < -0.4 is 19.5 Å². The summed E-state index contributed by atoms with van der Waals surface area (Å²) in [5.41, 5.74) is 1.69. The fourth-order valence-corrected chi connectivity index (χ4v) is 3.05. The zero-order valence-corrected chi connectivity index (χ0v) is 16.1. The first-order valence-corrected chi connectivity index (χ1v) is 8.82. The molecule has 146 valence electrons. The maximum absolute atomic E-state index is 12.8. The second-order valence-corrected chi connectivity index (χ2v) is 6.14. The Balaban J connectivity index is 1.82. The Kier molecular flexibility index (Phi) is 6.22. The highest BCUT2D eigenvalue weighted by atomic mass is 16.5. The normalized spacial score (nSPS) is 11.5. The molecule has 6 heteroatoms. The quantitative estimate of drug-likeness (QED) is 0.643. The highest BCUT2D eigenvalue weighted by Crippen LogP contribution is 2.38. The molecule has 1 N–H and O–H groups in total. The Morgan fingerprint density at radius 2 is 1.64 bits per heavy atom. The van der Waals surface area contributed by atoms with Crippen molar-refractivity contribution in [2.75, 3.05) is 21.3 Å². The summed E-state index contributed by atoms with van der Waals surface area (Å²) >= 11 is 0. The lowest BCUT2D eigenvalue weighted by Gasteiger charge is -2.18. The van der Waals surface area contributed by atoms with Crippen LogP contribution in [-0.2, 0) is 11.2 Å². The number of rotatable bonds is 8. The largest absolute Gasteiger partial charge is 0.493 e. The lowest BCUT2D eigenvalue weighted by molar-refractivity contribution is -0.121.